The van der Waals surface area contributed by atoms with Crippen molar-refractivity contribution in [3.8, 4) is 0 Å². The molecule has 7 atom stereocenters. The molecule has 3 aliphatic rings. The van der Waals surface area contributed by atoms with Crippen LogP contribution in [0.5, 0.6) is 0 Å². The van der Waals surface area contributed by atoms with Crippen LogP contribution < -0.4 is 4.90 Å². The second kappa shape index (κ2) is 12.0. The van der Waals surface area contributed by atoms with Crippen molar-refractivity contribution in [1.29, 1.82) is 0 Å². The number of nitrogens with zero attached hydrogens (tertiary/aromatic N) is 3. The minimum absolute atomic E-state index is 0.0444. The SMILES string of the molecule is C=CCN(C(=O)[C@@H]1[C@@H]2CC(C)C3(S2)C(C(=O)N(CC=C)C(C)(C)C)N([C@@H](CO)CC(C)C)C(=O)[C@H]13)c1ccccc1. The van der Waals surface area contributed by atoms with Gasteiger partial charge in [0.2, 0.25) is 17.7 Å². The molecule has 3 amide bonds. The molecule has 0 radical (unpaired) electrons. The summed E-state index contributed by atoms with van der Waals surface area (Å²) in [7, 11) is 0. The van der Waals surface area contributed by atoms with Crippen molar-refractivity contribution in [1.82, 2.24) is 9.80 Å². The Morgan fingerprint density at radius 3 is 2.32 bits per heavy atom. The van der Waals surface area contributed by atoms with Gasteiger partial charge in [-0.1, -0.05) is 51.1 Å². The maximum Gasteiger partial charge on any atom is 0.247 e. The number of aliphatic hydroxyl groups excluding tert-OH is 1. The highest BCUT2D eigenvalue weighted by molar-refractivity contribution is 8.02. The second-order valence-electron chi connectivity index (χ2n) is 13.2. The standard InChI is InChI=1S/C33H47N3O4S/c1-9-16-34(23-14-12-11-13-15-23)29(38)26-25-19-22(5)33(41-25)27(26)30(39)36(24(20-37)18-21(3)4)28(33)31(40)35(17-10-2)32(6,7)8/h9-15,21-22,24-28,37H,1-2,16-20H2,3-8H3/t22?,24-,25+,26-,27+,28?,33?/m1/s1. The Hall–Kier alpha value is -2.58. The maximum atomic E-state index is 14.7. The summed E-state index contributed by atoms with van der Waals surface area (Å²) < 4.78 is -0.759. The molecule has 8 heteroatoms. The van der Waals surface area contributed by atoms with Gasteiger partial charge in [0.1, 0.15) is 6.04 Å². The first-order chi connectivity index (χ1) is 19.3. The van der Waals surface area contributed by atoms with Gasteiger partial charge in [0.15, 0.2) is 0 Å². The predicted molar refractivity (Wildman–Crippen MR) is 166 cm³/mol. The van der Waals surface area contributed by atoms with Crippen LogP contribution in [0.1, 0.15) is 54.4 Å². The van der Waals surface area contributed by atoms with Crippen LogP contribution in [-0.2, 0) is 14.4 Å². The molecule has 1 N–H and O–H groups in total. The normalized spacial score (nSPS) is 29.4. The van der Waals surface area contributed by atoms with E-state index in [0.717, 1.165) is 12.1 Å². The van der Waals surface area contributed by atoms with Crippen molar-refractivity contribution in [3.05, 3.63) is 55.6 Å². The summed E-state index contributed by atoms with van der Waals surface area (Å²) in [5.74, 6) is -1.37. The van der Waals surface area contributed by atoms with Crippen LogP contribution in [0.2, 0.25) is 0 Å². The number of aliphatic hydroxyl groups is 1. The monoisotopic (exact) mass is 581 g/mol. The van der Waals surface area contributed by atoms with E-state index < -0.39 is 34.2 Å². The average molecular weight is 582 g/mol. The van der Waals surface area contributed by atoms with Crippen LogP contribution in [0, 0.1) is 23.7 Å². The van der Waals surface area contributed by atoms with Gasteiger partial charge in [0.05, 0.1) is 29.2 Å². The molecule has 7 nitrogen and oxygen atoms in total. The van der Waals surface area contributed by atoms with E-state index in [-0.39, 0.29) is 41.4 Å². The highest BCUT2D eigenvalue weighted by atomic mass is 32.2. The molecular weight excluding hydrogens is 534 g/mol. The topological polar surface area (TPSA) is 81.2 Å². The van der Waals surface area contributed by atoms with Gasteiger partial charge in [-0.15, -0.1) is 24.9 Å². The van der Waals surface area contributed by atoms with Gasteiger partial charge < -0.3 is 19.8 Å². The lowest BCUT2D eigenvalue weighted by molar-refractivity contribution is -0.148. The van der Waals surface area contributed by atoms with Gasteiger partial charge >= 0.3 is 0 Å². The van der Waals surface area contributed by atoms with Gasteiger partial charge in [-0.3, -0.25) is 14.4 Å². The van der Waals surface area contributed by atoms with Crippen LogP contribution in [0.25, 0.3) is 0 Å². The molecule has 224 valence electrons. The molecule has 4 rings (SSSR count). The molecule has 0 aliphatic carbocycles. The van der Waals surface area contributed by atoms with Gasteiger partial charge in [-0.2, -0.15) is 0 Å². The van der Waals surface area contributed by atoms with Crippen molar-refractivity contribution in [2.45, 2.75) is 82.0 Å². The Bertz CT molecular complexity index is 1160. The third-order valence-electron chi connectivity index (χ3n) is 9.08. The van der Waals surface area contributed by atoms with Crippen molar-refractivity contribution in [2.24, 2.45) is 23.7 Å². The first-order valence-electron chi connectivity index (χ1n) is 14.9. The summed E-state index contributed by atoms with van der Waals surface area (Å²) in [6, 6.07) is 8.21. The summed E-state index contributed by atoms with van der Waals surface area (Å²) in [4.78, 5) is 49.1. The number of carbonyl (C=O) groups excluding carboxylic acids is 3. The molecule has 1 aromatic carbocycles. The summed E-state index contributed by atoms with van der Waals surface area (Å²) in [6.45, 7) is 20.4. The maximum absolute atomic E-state index is 14.7. The lowest BCUT2D eigenvalue weighted by Gasteiger charge is -2.45. The number of hydrogen-bond acceptors (Lipinski definition) is 5. The molecule has 0 aromatic heterocycles. The fourth-order valence-corrected chi connectivity index (χ4v) is 9.84. The van der Waals surface area contributed by atoms with Crippen molar-refractivity contribution in [3.63, 3.8) is 0 Å². The summed E-state index contributed by atoms with van der Waals surface area (Å²) >= 11 is 1.67. The number of likely N-dealkylation sites (tertiary alicyclic amines) is 1. The van der Waals surface area contributed by atoms with Crippen molar-refractivity contribution < 1.29 is 19.5 Å². The average Bonchev–Trinajstić information content (AvgIpc) is 3.51. The van der Waals surface area contributed by atoms with E-state index in [0.29, 0.717) is 19.5 Å². The number of amides is 3. The van der Waals surface area contributed by atoms with E-state index in [9.17, 15) is 19.5 Å². The minimum Gasteiger partial charge on any atom is -0.394 e. The van der Waals surface area contributed by atoms with E-state index in [1.165, 1.54) is 0 Å². The number of thioether (sulfide) groups is 1. The van der Waals surface area contributed by atoms with Crippen LogP contribution in [0.3, 0.4) is 0 Å². The van der Waals surface area contributed by atoms with Crippen molar-refractivity contribution in [2.75, 3.05) is 24.6 Å². The Kier molecular flexibility index (Phi) is 9.15. The highest BCUT2D eigenvalue weighted by Crippen LogP contribution is 2.69. The molecule has 3 saturated heterocycles. The van der Waals surface area contributed by atoms with Gasteiger partial charge in [0, 0.05) is 29.6 Å². The molecule has 3 unspecified atom stereocenters. The minimum atomic E-state index is -0.776. The summed E-state index contributed by atoms with van der Waals surface area (Å²) in [5.41, 5.74) is 0.259. The Balaban J connectivity index is 1.86. The third kappa shape index (κ3) is 5.27. The molecule has 1 aromatic rings. The molecule has 2 bridgehead atoms. The lowest BCUT2D eigenvalue weighted by Crippen LogP contribution is -2.62. The Labute approximate surface area is 250 Å². The van der Waals surface area contributed by atoms with Gasteiger partial charge in [-0.05, 0) is 57.6 Å². The highest BCUT2D eigenvalue weighted by Gasteiger charge is 2.77. The smallest absolute Gasteiger partial charge is 0.247 e. The van der Waals surface area contributed by atoms with Crippen molar-refractivity contribution >= 4 is 35.2 Å². The number of rotatable bonds is 11. The van der Waals surface area contributed by atoms with E-state index in [4.69, 9.17) is 0 Å². The zero-order valence-corrected chi connectivity index (χ0v) is 26.3. The number of anilines is 1. The van der Waals surface area contributed by atoms with E-state index in [1.807, 2.05) is 51.1 Å². The lowest BCUT2D eigenvalue weighted by atomic mass is 9.65. The van der Waals surface area contributed by atoms with Gasteiger partial charge in [-0.25, -0.2) is 0 Å². The molecule has 1 spiro atoms. The summed E-state index contributed by atoms with van der Waals surface area (Å²) in [5, 5.41) is 10.5. The van der Waals surface area contributed by atoms with E-state index >= 15 is 0 Å². The fraction of sp³-hybridized carbons (Fsp3) is 0.606. The van der Waals surface area contributed by atoms with E-state index in [2.05, 4.69) is 33.9 Å². The molecule has 0 saturated carbocycles. The first-order valence-corrected chi connectivity index (χ1v) is 15.7. The molecule has 3 fully saturated rings. The first kappa shape index (κ1) is 31.4. The predicted octanol–water partition coefficient (Wildman–Crippen LogP) is 4.76. The number of hydrogen-bond donors (Lipinski definition) is 1. The number of para-hydroxylation sites is 1. The molecule has 3 aliphatic heterocycles. The van der Waals surface area contributed by atoms with E-state index in [1.54, 1.807) is 38.6 Å². The summed E-state index contributed by atoms with van der Waals surface area (Å²) in [6.07, 6.45) is 4.75. The number of fused-ring (bicyclic) bond motifs is 1. The number of carbonyl (C=O) groups is 3. The zero-order chi connectivity index (χ0) is 30.3. The van der Waals surface area contributed by atoms with Crippen LogP contribution in [0.15, 0.2) is 55.6 Å². The Morgan fingerprint density at radius 2 is 1.78 bits per heavy atom. The third-order valence-corrected chi connectivity index (χ3v) is 11.2. The fourth-order valence-electron chi connectivity index (χ4n) is 7.45. The molecular formula is C33H47N3O4S. The van der Waals surface area contributed by atoms with Crippen LogP contribution in [-0.4, -0.2) is 79.9 Å². The Morgan fingerprint density at radius 1 is 1.15 bits per heavy atom. The quantitative estimate of drug-likeness (QED) is 0.381. The zero-order valence-electron chi connectivity index (χ0n) is 25.5. The van der Waals surface area contributed by atoms with Crippen LogP contribution in [0.4, 0.5) is 5.69 Å². The molecule has 41 heavy (non-hydrogen) atoms. The van der Waals surface area contributed by atoms with Crippen LogP contribution >= 0.6 is 11.8 Å². The second-order valence-corrected chi connectivity index (χ2v) is 14.8. The van der Waals surface area contributed by atoms with Gasteiger partial charge in [0.25, 0.3) is 0 Å². The largest absolute Gasteiger partial charge is 0.394 e. The molecule has 3 heterocycles. The number of benzene rings is 1.